The van der Waals surface area contributed by atoms with Crippen molar-refractivity contribution < 1.29 is 9.21 Å². The van der Waals surface area contributed by atoms with E-state index in [2.05, 4.69) is 10.2 Å². The van der Waals surface area contributed by atoms with E-state index >= 15 is 0 Å². The third kappa shape index (κ3) is 1.92. The van der Waals surface area contributed by atoms with Gasteiger partial charge in [-0.1, -0.05) is 25.9 Å². The summed E-state index contributed by atoms with van der Waals surface area (Å²) in [5.41, 5.74) is 5.48. The molecule has 88 valence electrons. The quantitative estimate of drug-likeness (QED) is 0.747. The Morgan fingerprint density at radius 2 is 2.12 bits per heavy atom. The number of rotatable bonds is 1. The molecule has 1 atom stereocenters. The zero-order valence-corrected chi connectivity index (χ0v) is 9.73. The highest BCUT2D eigenvalue weighted by atomic mass is 16.4. The van der Waals surface area contributed by atoms with E-state index in [1.54, 1.807) is 0 Å². The Kier molecular flexibility index (Phi) is 2.46. The van der Waals surface area contributed by atoms with Crippen LogP contribution in [0.5, 0.6) is 0 Å². The van der Waals surface area contributed by atoms with Gasteiger partial charge in [0.05, 0.1) is 0 Å². The Bertz CT molecular complexity index is 407. The van der Waals surface area contributed by atoms with Crippen LogP contribution >= 0.6 is 0 Å². The normalized spacial score (nSPS) is 21.9. The molecule has 0 spiro atoms. The van der Waals surface area contributed by atoms with Crippen molar-refractivity contribution in [3.8, 4) is 0 Å². The minimum Gasteiger partial charge on any atom is -0.407 e. The number of nitrogens with two attached hydrogens (primary N) is 1. The number of nitrogens with zero attached hydrogens (tertiary/aromatic N) is 3. The van der Waals surface area contributed by atoms with Gasteiger partial charge in [0.1, 0.15) is 0 Å². The number of anilines is 1. The minimum atomic E-state index is -0.212. The van der Waals surface area contributed by atoms with Gasteiger partial charge >= 0.3 is 6.01 Å². The summed E-state index contributed by atoms with van der Waals surface area (Å²) in [4.78, 5) is 13.0. The molecule has 1 fully saturated rings. The molecule has 16 heavy (non-hydrogen) atoms. The number of aromatic nitrogens is 2. The molecule has 2 N–H and O–H groups in total. The maximum atomic E-state index is 11.6. The molecule has 6 nitrogen and oxygen atoms in total. The Morgan fingerprint density at radius 3 is 2.56 bits per heavy atom. The lowest BCUT2D eigenvalue weighted by molar-refractivity contribution is -0.117. The van der Waals surface area contributed by atoms with Crippen molar-refractivity contribution in [2.75, 3.05) is 11.4 Å². The van der Waals surface area contributed by atoms with Crippen molar-refractivity contribution in [1.29, 1.82) is 0 Å². The van der Waals surface area contributed by atoms with Crippen LogP contribution in [0.15, 0.2) is 4.42 Å². The first kappa shape index (κ1) is 11.1. The van der Waals surface area contributed by atoms with Gasteiger partial charge in [0, 0.05) is 24.4 Å². The topological polar surface area (TPSA) is 85.3 Å². The molecular formula is C10H16N4O2. The summed E-state index contributed by atoms with van der Waals surface area (Å²) in [5.74, 6) is 0.465. The molecule has 1 amide bonds. The molecule has 1 aromatic heterocycles. The number of hydrogen-bond donors (Lipinski definition) is 1. The van der Waals surface area contributed by atoms with E-state index in [-0.39, 0.29) is 23.4 Å². The van der Waals surface area contributed by atoms with E-state index in [9.17, 15) is 4.79 Å². The van der Waals surface area contributed by atoms with E-state index in [0.717, 1.165) is 0 Å². The lowest BCUT2D eigenvalue weighted by Crippen LogP contribution is -2.28. The average Bonchev–Trinajstić information content (AvgIpc) is 2.70. The summed E-state index contributed by atoms with van der Waals surface area (Å²) in [5, 5.41) is 7.82. The van der Waals surface area contributed by atoms with Crippen LogP contribution in [0, 0.1) is 0 Å². The first-order valence-corrected chi connectivity index (χ1v) is 5.28. The van der Waals surface area contributed by atoms with Gasteiger partial charge in [-0.2, -0.15) is 0 Å². The Labute approximate surface area is 93.8 Å². The highest BCUT2D eigenvalue weighted by Crippen LogP contribution is 2.25. The summed E-state index contributed by atoms with van der Waals surface area (Å²) >= 11 is 0. The number of carbonyl (C=O) groups is 1. The number of carbonyl (C=O) groups excluding carboxylic acids is 1. The number of amides is 1. The van der Waals surface area contributed by atoms with E-state index in [0.29, 0.717) is 18.9 Å². The van der Waals surface area contributed by atoms with Gasteiger partial charge in [0.25, 0.3) is 0 Å². The highest BCUT2D eigenvalue weighted by Gasteiger charge is 2.33. The van der Waals surface area contributed by atoms with Crippen LogP contribution in [0.1, 0.15) is 33.1 Å². The maximum absolute atomic E-state index is 11.6. The second kappa shape index (κ2) is 3.55. The fraction of sp³-hybridized carbons (Fsp3) is 0.700. The molecule has 0 saturated carbocycles. The number of hydrogen-bond acceptors (Lipinski definition) is 5. The molecule has 1 aliphatic rings. The van der Waals surface area contributed by atoms with Crippen molar-refractivity contribution in [3.63, 3.8) is 0 Å². The van der Waals surface area contributed by atoms with Crippen LogP contribution in [-0.4, -0.2) is 28.7 Å². The first-order chi connectivity index (χ1) is 7.38. The molecule has 0 aliphatic carbocycles. The van der Waals surface area contributed by atoms with Crippen molar-refractivity contribution >= 4 is 11.9 Å². The van der Waals surface area contributed by atoms with E-state index in [1.165, 1.54) is 4.90 Å². The summed E-state index contributed by atoms with van der Waals surface area (Å²) in [6.45, 7) is 6.37. The van der Waals surface area contributed by atoms with Gasteiger partial charge in [0.15, 0.2) is 0 Å². The summed E-state index contributed by atoms with van der Waals surface area (Å²) in [6.07, 6.45) is 0.341. The second-order valence-electron chi connectivity index (χ2n) is 5.11. The minimum absolute atomic E-state index is 0.0587. The van der Waals surface area contributed by atoms with Gasteiger partial charge < -0.3 is 10.2 Å². The van der Waals surface area contributed by atoms with Crippen molar-refractivity contribution in [2.45, 2.75) is 38.6 Å². The molecule has 6 heteroatoms. The smallest absolute Gasteiger partial charge is 0.325 e. The molecule has 1 aliphatic heterocycles. The fourth-order valence-corrected chi connectivity index (χ4v) is 1.55. The van der Waals surface area contributed by atoms with Crippen molar-refractivity contribution in [1.82, 2.24) is 10.2 Å². The van der Waals surface area contributed by atoms with Crippen LogP contribution in [-0.2, 0) is 10.2 Å². The summed E-state index contributed by atoms with van der Waals surface area (Å²) in [7, 11) is 0. The predicted molar refractivity (Wildman–Crippen MR) is 57.9 cm³/mol. The van der Waals surface area contributed by atoms with Crippen LogP contribution in [0.4, 0.5) is 6.01 Å². The molecule has 0 aromatic carbocycles. The zero-order chi connectivity index (χ0) is 11.9. The monoisotopic (exact) mass is 224 g/mol. The van der Waals surface area contributed by atoms with Gasteiger partial charge in [-0.15, -0.1) is 5.10 Å². The first-order valence-electron chi connectivity index (χ1n) is 5.28. The highest BCUT2D eigenvalue weighted by molar-refractivity contribution is 5.94. The molecule has 0 bridgehead atoms. The predicted octanol–water partition coefficient (Wildman–Crippen LogP) is 0.431. The third-order valence-corrected chi connectivity index (χ3v) is 2.44. The van der Waals surface area contributed by atoms with Crippen LogP contribution in [0.3, 0.4) is 0 Å². The van der Waals surface area contributed by atoms with Crippen LogP contribution in [0.2, 0.25) is 0 Å². The second-order valence-corrected chi connectivity index (χ2v) is 5.11. The van der Waals surface area contributed by atoms with Gasteiger partial charge in [-0.3, -0.25) is 9.69 Å². The molecular weight excluding hydrogens is 208 g/mol. The molecule has 1 saturated heterocycles. The van der Waals surface area contributed by atoms with E-state index < -0.39 is 0 Å². The Morgan fingerprint density at radius 1 is 1.44 bits per heavy atom. The lowest BCUT2D eigenvalue weighted by atomic mass is 9.97. The molecule has 2 rings (SSSR count). The van der Waals surface area contributed by atoms with Gasteiger partial charge in [-0.25, -0.2) is 0 Å². The van der Waals surface area contributed by atoms with E-state index in [1.807, 2.05) is 20.8 Å². The summed E-state index contributed by atoms with van der Waals surface area (Å²) in [6, 6.07) is 0.111. The summed E-state index contributed by atoms with van der Waals surface area (Å²) < 4.78 is 5.48. The largest absolute Gasteiger partial charge is 0.407 e. The maximum Gasteiger partial charge on any atom is 0.325 e. The molecule has 2 heterocycles. The van der Waals surface area contributed by atoms with E-state index in [4.69, 9.17) is 10.2 Å². The SMILES string of the molecule is CC(C)(C)c1nnc(N2CC(N)CC2=O)o1. The molecule has 1 aromatic rings. The zero-order valence-electron chi connectivity index (χ0n) is 9.73. The Hall–Kier alpha value is -1.43. The van der Waals surface area contributed by atoms with Gasteiger partial charge in [-0.05, 0) is 0 Å². The molecule has 0 radical (unpaired) electrons. The van der Waals surface area contributed by atoms with Crippen molar-refractivity contribution in [3.05, 3.63) is 5.89 Å². The fourth-order valence-electron chi connectivity index (χ4n) is 1.55. The van der Waals surface area contributed by atoms with Crippen LogP contribution in [0.25, 0.3) is 0 Å². The van der Waals surface area contributed by atoms with Crippen molar-refractivity contribution in [2.24, 2.45) is 5.73 Å². The standard InChI is InChI=1S/C10H16N4O2/c1-10(2,3)8-12-13-9(16-8)14-5-6(11)4-7(14)15/h6H,4-5,11H2,1-3H3. The Balaban J connectivity index is 2.23. The molecule has 1 unspecified atom stereocenters. The van der Waals surface area contributed by atoms with Crippen LogP contribution < -0.4 is 10.6 Å². The van der Waals surface area contributed by atoms with Gasteiger partial charge in [0.2, 0.25) is 11.8 Å². The average molecular weight is 224 g/mol. The third-order valence-electron chi connectivity index (χ3n) is 2.44. The lowest BCUT2D eigenvalue weighted by Gasteiger charge is -2.12.